The summed E-state index contributed by atoms with van der Waals surface area (Å²) in [7, 11) is 0. The molecule has 2 heteroatoms. The van der Waals surface area contributed by atoms with Gasteiger partial charge in [-0.25, -0.2) is 0 Å². The average Bonchev–Trinajstić information content (AvgIpc) is 2.09. The van der Waals surface area contributed by atoms with Crippen LogP contribution in [0.2, 0.25) is 0 Å². The summed E-state index contributed by atoms with van der Waals surface area (Å²) in [6, 6.07) is 0. The Labute approximate surface area is 79.3 Å². The van der Waals surface area contributed by atoms with Crippen LogP contribution >= 0.6 is 0 Å². The SMILES string of the molecule is C[C@]12CC[C@H](O)C=C1CCC[C@@H]2O. The third-order valence-electron chi connectivity index (χ3n) is 3.75. The topological polar surface area (TPSA) is 40.5 Å². The smallest absolute Gasteiger partial charge is 0.0724 e. The van der Waals surface area contributed by atoms with E-state index in [1.165, 1.54) is 5.57 Å². The van der Waals surface area contributed by atoms with E-state index in [1.54, 1.807) is 0 Å². The first-order valence-electron chi connectivity index (χ1n) is 5.20. The Bertz CT molecular complexity index is 234. The van der Waals surface area contributed by atoms with Crippen LogP contribution in [0.3, 0.4) is 0 Å². The van der Waals surface area contributed by atoms with Crippen molar-refractivity contribution in [2.45, 2.75) is 51.2 Å². The molecule has 1 saturated carbocycles. The molecule has 0 aromatic rings. The maximum absolute atomic E-state index is 9.93. The number of hydrogen-bond donors (Lipinski definition) is 2. The summed E-state index contributed by atoms with van der Waals surface area (Å²) in [6.07, 6.45) is 6.28. The van der Waals surface area contributed by atoms with E-state index < -0.39 is 0 Å². The second-order valence-electron chi connectivity index (χ2n) is 4.62. The van der Waals surface area contributed by atoms with Crippen LogP contribution in [0.4, 0.5) is 0 Å². The lowest BCUT2D eigenvalue weighted by molar-refractivity contribution is 0.0145. The minimum Gasteiger partial charge on any atom is -0.392 e. The Morgan fingerprint density at radius 2 is 2.15 bits per heavy atom. The molecular weight excluding hydrogens is 164 g/mol. The third kappa shape index (κ3) is 1.42. The van der Waals surface area contributed by atoms with E-state index in [9.17, 15) is 10.2 Å². The van der Waals surface area contributed by atoms with Gasteiger partial charge in [0.15, 0.2) is 0 Å². The van der Waals surface area contributed by atoms with Gasteiger partial charge >= 0.3 is 0 Å². The van der Waals surface area contributed by atoms with Gasteiger partial charge in [0.25, 0.3) is 0 Å². The van der Waals surface area contributed by atoms with E-state index in [1.807, 2.05) is 6.08 Å². The molecule has 2 N–H and O–H groups in total. The maximum Gasteiger partial charge on any atom is 0.0724 e. The summed E-state index contributed by atoms with van der Waals surface area (Å²) in [4.78, 5) is 0. The van der Waals surface area contributed by atoms with Crippen LogP contribution in [0.1, 0.15) is 39.0 Å². The Morgan fingerprint density at radius 1 is 1.38 bits per heavy atom. The third-order valence-corrected chi connectivity index (χ3v) is 3.75. The van der Waals surface area contributed by atoms with Gasteiger partial charge in [-0.3, -0.25) is 0 Å². The Kier molecular flexibility index (Phi) is 2.20. The number of aliphatic hydroxyl groups is 2. The number of fused-ring (bicyclic) bond motifs is 1. The van der Waals surface area contributed by atoms with Crippen molar-refractivity contribution in [2.75, 3.05) is 0 Å². The van der Waals surface area contributed by atoms with Crippen molar-refractivity contribution in [3.05, 3.63) is 11.6 Å². The van der Waals surface area contributed by atoms with Crippen LogP contribution in [0.15, 0.2) is 11.6 Å². The van der Waals surface area contributed by atoms with E-state index >= 15 is 0 Å². The molecule has 74 valence electrons. The van der Waals surface area contributed by atoms with Gasteiger partial charge in [0, 0.05) is 5.41 Å². The van der Waals surface area contributed by atoms with Crippen molar-refractivity contribution in [2.24, 2.45) is 5.41 Å². The lowest BCUT2D eigenvalue weighted by atomic mass is 9.64. The molecule has 2 rings (SSSR count). The van der Waals surface area contributed by atoms with E-state index in [0.717, 1.165) is 32.1 Å². The molecule has 1 fully saturated rings. The molecule has 0 amide bonds. The molecule has 2 nitrogen and oxygen atoms in total. The summed E-state index contributed by atoms with van der Waals surface area (Å²) < 4.78 is 0. The summed E-state index contributed by atoms with van der Waals surface area (Å²) in [5.41, 5.74) is 1.25. The van der Waals surface area contributed by atoms with E-state index in [2.05, 4.69) is 6.92 Å². The van der Waals surface area contributed by atoms with Crippen molar-refractivity contribution >= 4 is 0 Å². The molecule has 0 aromatic heterocycles. The zero-order valence-corrected chi connectivity index (χ0v) is 8.16. The van der Waals surface area contributed by atoms with Crippen molar-refractivity contribution < 1.29 is 10.2 Å². The van der Waals surface area contributed by atoms with Crippen LogP contribution in [-0.2, 0) is 0 Å². The minimum atomic E-state index is -0.270. The second kappa shape index (κ2) is 3.10. The largest absolute Gasteiger partial charge is 0.392 e. The van der Waals surface area contributed by atoms with Crippen LogP contribution in [0.5, 0.6) is 0 Å². The fourth-order valence-corrected chi connectivity index (χ4v) is 2.67. The summed E-state index contributed by atoms with van der Waals surface area (Å²) in [5.74, 6) is 0. The predicted octanol–water partition coefficient (Wildman–Crippen LogP) is 1.62. The first-order chi connectivity index (χ1) is 6.13. The molecular formula is C11H18O2. The van der Waals surface area contributed by atoms with Gasteiger partial charge in [-0.05, 0) is 32.1 Å². The Morgan fingerprint density at radius 3 is 2.92 bits per heavy atom. The van der Waals surface area contributed by atoms with E-state index in [-0.39, 0.29) is 17.6 Å². The highest BCUT2D eigenvalue weighted by Gasteiger charge is 2.41. The van der Waals surface area contributed by atoms with Gasteiger partial charge in [-0.15, -0.1) is 0 Å². The molecule has 0 heterocycles. The first-order valence-corrected chi connectivity index (χ1v) is 5.20. The molecule has 2 aliphatic carbocycles. The summed E-state index contributed by atoms with van der Waals surface area (Å²) >= 11 is 0. The van der Waals surface area contributed by atoms with Crippen molar-refractivity contribution in [1.29, 1.82) is 0 Å². The molecule has 3 atom stereocenters. The highest BCUT2D eigenvalue weighted by Crippen LogP contribution is 2.47. The Hall–Kier alpha value is -0.340. The van der Waals surface area contributed by atoms with Gasteiger partial charge in [0.2, 0.25) is 0 Å². The van der Waals surface area contributed by atoms with Crippen LogP contribution in [0, 0.1) is 5.41 Å². The monoisotopic (exact) mass is 182 g/mol. The van der Waals surface area contributed by atoms with E-state index in [0.29, 0.717) is 0 Å². The van der Waals surface area contributed by atoms with Gasteiger partial charge in [-0.2, -0.15) is 0 Å². The van der Waals surface area contributed by atoms with E-state index in [4.69, 9.17) is 0 Å². The highest BCUT2D eigenvalue weighted by molar-refractivity contribution is 5.22. The quantitative estimate of drug-likeness (QED) is 0.559. The van der Waals surface area contributed by atoms with Gasteiger partial charge < -0.3 is 10.2 Å². The zero-order chi connectivity index (χ0) is 9.47. The Balaban J connectivity index is 2.29. The van der Waals surface area contributed by atoms with Gasteiger partial charge in [0.1, 0.15) is 0 Å². The van der Waals surface area contributed by atoms with Gasteiger partial charge in [-0.1, -0.05) is 18.6 Å². The van der Waals surface area contributed by atoms with Gasteiger partial charge in [0.05, 0.1) is 12.2 Å². The zero-order valence-electron chi connectivity index (χ0n) is 8.16. The van der Waals surface area contributed by atoms with Crippen molar-refractivity contribution in [3.8, 4) is 0 Å². The molecule has 0 spiro atoms. The lowest BCUT2D eigenvalue weighted by Gasteiger charge is -2.44. The summed E-state index contributed by atoms with van der Waals surface area (Å²) in [6.45, 7) is 2.13. The predicted molar refractivity (Wildman–Crippen MR) is 51.3 cm³/mol. The number of hydrogen-bond acceptors (Lipinski definition) is 2. The maximum atomic E-state index is 9.93. The first kappa shape index (κ1) is 9.22. The fourth-order valence-electron chi connectivity index (χ4n) is 2.67. The number of rotatable bonds is 0. The fraction of sp³-hybridized carbons (Fsp3) is 0.818. The highest BCUT2D eigenvalue weighted by atomic mass is 16.3. The second-order valence-corrected chi connectivity index (χ2v) is 4.62. The molecule has 0 aromatic carbocycles. The summed E-state index contributed by atoms with van der Waals surface area (Å²) in [5, 5.41) is 19.4. The molecule has 2 aliphatic rings. The normalized spacial score (nSPS) is 45.3. The minimum absolute atomic E-state index is 0.0303. The van der Waals surface area contributed by atoms with Crippen molar-refractivity contribution in [3.63, 3.8) is 0 Å². The average molecular weight is 182 g/mol. The molecule has 0 aliphatic heterocycles. The lowest BCUT2D eigenvalue weighted by Crippen LogP contribution is -2.40. The molecule has 0 unspecified atom stereocenters. The van der Waals surface area contributed by atoms with Crippen LogP contribution in [0.25, 0.3) is 0 Å². The van der Waals surface area contributed by atoms with Crippen LogP contribution in [-0.4, -0.2) is 22.4 Å². The van der Waals surface area contributed by atoms with Crippen LogP contribution < -0.4 is 0 Å². The molecule has 13 heavy (non-hydrogen) atoms. The molecule has 0 saturated heterocycles. The molecule has 0 bridgehead atoms. The molecule has 0 radical (unpaired) electrons. The standard InChI is InChI=1S/C11H18O2/c1-11-6-5-9(12)7-8(11)3-2-4-10(11)13/h7,9-10,12-13H,2-6H2,1H3/t9-,10-,11-/m0/s1. The number of aliphatic hydroxyl groups excluding tert-OH is 2. The van der Waals surface area contributed by atoms with Crippen molar-refractivity contribution in [1.82, 2.24) is 0 Å².